The van der Waals surface area contributed by atoms with Crippen molar-refractivity contribution in [3.63, 3.8) is 0 Å². The highest BCUT2D eigenvalue weighted by molar-refractivity contribution is 5.89. The minimum Gasteiger partial charge on any atom is -0.465 e. The molecular formula is C27H27FN2O3. The van der Waals surface area contributed by atoms with Crippen LogP contribution in [0.15, 0.2) is 72.8 Å². The van der Waals surface area contributed by atoms with Gasteiger partial charge < -0.3 is 15.0 Å². The maximum absolute atomic E-state index is 14.6. The van der Waals surface area contributed by atoms with Crippen LogP contribution in [0.25, 0.3) is 0 Å². The molecular weight excluding hydrogens is 419 g/mol. The fraction of sp³-hybridized carbons (Fsp3) is 0.259. The number of carbonyl (C=O) groups excluding carboxylic acids is 2. The monoisotopic (exact) mass is 446 g/mol. The van der Waals surface area contributed by atoms with Crippen LogP contribution in [0.3, 0.4) is 0 Å². The summed E-state index contributed by atoms with van der Waals surface area (Å²) in [5, 5.41) is 3.35. The Morgan fingerprint density at radius 2 is 1.70 bits per heavy atom. The van der Waals surface area contributed by atoms with Crippen molar-refractivity contribution in [1.29, 1.82) is 0 Å². The number of fused-ring (bicyclic) bond motifs is 1. The maximum atomic E-state index is 14.6. The molecule has 1 aliphatic heterocycles. The number of amides is 1. The van der Waals surface area contributed by atoms with Crippen LogP contribution in [0.1, 0.15) is 45.6 Å². The van der Waals surface area contributed by atoms with Crippen LogP contribution in [0.5, 0.6) is 0 Å². The Morgan fingerprint density at radius 1 is 1.03 bits per heavy atom. The van der Waals surface area contributed by atoms with Gasteiger partial charge in [-0.15, -0.1) is 0 Å². The predicted octanol–water partition coefficient (Wildman–Crippen LogP) is 4.42. The van der Waals surface area contributed by atoms with Crippen LogP contribution in [-0.2, 0) is 29.0 Å². The average Bonchev–Trinajstić information content (AvgIpc) is 2.86. The summed E-state index contributed by atoms with van der Waals surface area (Å²) in [5.74, 6) is -0.845. The summed E-state index contributed by atoms with van der Waals surface area (Å²) in [6, 6.07) is 20.7. The molecule has 6 heteroatoms. The average molecular weight is 447 g/mol. The van der Waals surface area contributed by atoms with Gasteiger partial charge in [-0.1, -0.05) is 54.6 Å². The number of hydrogen-bond acceptors (Lipinski definition) is 4. The number of halogens is 1. The zero-order valence-electron chi connectivity index (χ0n) is 18.8. The van der Waals surface area contributed by atoms with Gasteiger partial charge in [-0.3, -0.25) is 4.79 Å². The molecule has 1 unspecified atom stereocenters. The van der Waals surface area contributed by atoms with Gasteiger partial charge in [0, 0.05) is 18.7 Å². The molecule has 1 N–H and O–H groups in total. The normalized spacial score (nSPS) is 15.9. The summed E-state index contributed by atoms with van der Waals surface area (Å²) >= 11 is 0. The molecule has 1 amide bonds. The molecule has 0 aliphatic carbocycles. The number of nitrogens with zero attached hydrogens (tertiary/aromatic N) is 1. The molecule has 2 atom stereocenters. The fourth-order valence-electron chi connectivity index (χ4n) is 4.28. The lowest BCUT2D eigenvalue weighted by Gasteiger charge is -2.35. The topological polar surface area (TPSA) is 58.6 Å². The predicted molar refractivity (Wildman–Crippen MR) is 124 cm³/mol. The molecule has 0 fully saturated rings. The first-order valence-corrected chi connectivity index (χ1v) is 11.0. The molecule has 5 nitrogen and oxygen atoms in total. The van der Waals surface area contributed by atoms with E-state index in [9.17, 15) is 14.0 Å². The van der Waals surface area contributed by atoms with E-state index in [0.717, 1.165) is 11.1 Å². The van der Waals surface area contributed by atoms with Gasteiger partial charge in [0.15, 0.2) is 0 Å². The van der Waals surface area contributed by atoms with E-state index in [2.05, 4.69) is 11.4 Å². The Labute approximate surface area is 193 Å². The maximum Gasteiger partial charge on any atom is 0.337 e. The Bertz CT molecular complexity index is 1150. The van der Waals surface area contributed by atoms with Crippen molar-refractivity contribution in [3.05, 3.63) is 106 Å². The van der Waals surface area contributed by atoms with E-state index >= 15 is 0 Å². The number of methoxy groups -OCH3 is 1. The summed E-state index contributed by atoms with van der Waals surface area (Å²) in [6.45, 7) is 2.74. The van der Waals surface area contributed by atoms with Crippen LogP contribution in [-0.4, -0.2) is 29.9 Å². The van der Waals surface area contributed by atoms with E-state index in [4.69, 9.17) is 4.74 Å². The van der Waals surface area contributed by atoms with Crippen LogP contribution in [0.2, 0.25) is 0 Å². The van der Waals surface area contributed by atoms with Crippen LogP contribution < -0.4 is 5.32 Å². The molecule has 0 spiro atoms. The van der Waals surface area contributed by atoms with Crippen LogP contribution in [0, 0.1) is 5.82 Å². The first kappa shape index (κ1) is 22.7. The lowest BCUT2D eigenvalue weighted by molar-refractivity contribution is -0.136. The summed E-state index contributed by atoms with van der Waals surface area (Å²) < 4.78 is 19.4. The van der Waals surface area contributed by atoms with Gasteiger partial charge >= 0.3 is 5.97 Å². The van der Waals surface area contributed by atoms with Crippen LogP contribution >= 0.6 is 0 Å². The van der Waals surface area contributed by atoms with Crippen molar-refractivity contribution >= 4 is 11.9 Å². The van der Waals surface area contributed by atoms with Gasteiger partial charge in [0.05, 0.1) is 24.8 Å². The molecule has 0 radical (unpaired) electrons. The number of ether oxygens (including phenoxy) is 1. The zero-order valence-corrected chi connectivity index (χ0v) is 18.8. The number of carbonyl (C=O) groups is 2. The minimum absolute atomic E-state index is 0.0858. The third-order valence-corrected chi connectivity index (χ3v) is 6.21. The van der Waals surface area contributed by atoms with Gasteiger partial charge in [0.25, 0.3) is 0 Å². The van der Waals surface area contributed by atoms with Gasteiger partial charge in [-0.2, -0.15) is 0 Å². The second-order valence-electron chi connectivity index (χ2n) is 8.26. The Balaban J connectivity index is 1.62. The van der Waals surface area contributed by atoms with E-state index in [1.54, 1.807) is 47.4 Å². The smallest absolute Gasteiger partial charge is 0.337 e. The van der Waals surface area contributed by atoms with Crippen molar-refractivity contribution in [2.45, 2.75) is 38.5 Å². The van der Waals surface area contributed by atoms with E-state index in [0.29, 0.717) is 24.1 Å². The number of hydrogen-bond donors (Lipinski definition) is 1. The Morgan fingerprint density at radius 3 is 2.39 bits per heavy atom. The third kappa shape index (κ3) is 4.96. The number of benzene rings is 3. The van der Waals surface area contributed by atoms with Crippen LogP contribution in [0.4, 0.5) is 4.39 Å². The molecule has 3 aromatic rings. The number of nitrogens with one attached hydrogen (secondary N) is 1. The van der Waals surface area contributed by atoms with Crippen molar-refractivity contribution in [2.24, 2.45) is 0 Å². The molecule has 170 valence electrons. The number of esters is 1. The second kappa shape index (κ2) is 9.96. The van der Waals surface area contributed by atoms with E-state index in [1.807, 2.05) is 25.1 Å². The SMILES string of the molecule is COC(=O)c1ccc(CN(C(=O)C2Cc3ccccc3CN2)[C@H](C)c2ccccc2F)cc1. The molecule has 4 rings (SSSR count). The Hall–Kier alpha value is -3.51. The number of rotatable bonds is 6. The van der Waals surface area contributed by atoms with Crippen molar-refractivity contribution in [1.82, 2.24) is 10.2 Å². The molecule has 0 saturated heterocycles. The first-order valence-electron chi connectivity index (χ1n) is 11.0. The van der Waals surface area contributed by atoms with Gasteiger partial charge in [0.2, 0.25) is 5.91 Å². The van der Waals surface area contributed by atoms with E-state index in [1.165, 1.54) is 18.7 Å². The molecule has 3 aromatic carbocycles. The Kier molecular flexibility index (Phi) is 6.84. The summed E-state index contributed by atoms with van der Waals surface area (Å²) in [5.41, 5.74) is 4.08. The summed E-state index contributed by atoms with van der Waals surface area (Å²) in [6.07, 6.45) is 0.580. The quantitative estimate of drug-likeness (QED) is 0.570. The van der Waals surface area contributed by atoms with Crippen molar-refractivity contribution < 1.29 is 18.7 Å². The summed E-state index contributed by atoms with van der Waals surface area (Å²) in [7, 11) is 1.34. The lowest BCUT2D eigenvalue weighted by Crippen LogP contribution is -2.50. The molecule has 33 heavy (non-hydrogen) atoms. The standard InChI is InChI=1S/C27H27FN2O3/c1-18(23-9-5-6-10-24(23)28)30(17-19-11-13-20(14-12-19)27(32)33-2)26(31)25-15-21-7-3-4-8-22(21)16-29-25/h3-14,18,25,29H,15-17H2,1-2H3/t18-,25?/m1/s1. The molecule has 0 bridgehead atoms. The largest absolute Gasteiger partial charge is 0.465 e. The molecule has 0 aromatic heterocycles. The van der Waals surface area contributed by atoms with Gasteiger partial charge in [-0.05, 0) is 48.2 Å². The first-order chi connectivity index (χ1) is 16.0. The van der Waals surface area contributed by atoms with Crippen molar-refractivity contribution in [2.75, 3.05) is 7.11 Å². The summed E-state index contributed by atoms with van der Waals surface area (Å²) in [4.78, 5) is 27.2. The van der Waals surface area contributed by atoms with E-state index in [-0.39, 0.29) is 18.3 Å². The van der Waals surface area contributed by atoms with E-state index < -0.39 is 18.1 Å². The third-order valence-electron chi connectivity index (χ3n) is 6.21. The molecule has 1 heterocycles. The van der Waals surface area contributed by atoms with Gasteiger partial charge in [-0.25, -0.2) is 9.18 Å². The zero-order chi connectivity index (χ0) is 23.4. The highest BCUT2D eigenvalue weighted by atomic mass is 19.1. The molecule has 1 aliphatic rings. The highest BCUT2D eigenvalue weighted by Crippen LogP contribution is 2.27. The van der Waals surface area contributed by atoms with Crippen molar-refractivity contribution in [3.8, 4) is 0 Å². The lowest BCUT2D eigenvalue weighted by atomic mass is 9.94. The highest BCUT2D eigenvalue weighted by Gasteiger charge is 2.32. The molecule has 0 saturated carbocycles. The fourth-order valence-corrected chi connectivity index (χ4v) is 4.28. The minimum atomic E-state index is -0.474. The second-order valence-corrected chi connectivity index (χ2v) is 8.26. The van der Waals surface area contributed by atoms with Gasteiger partial charge in [0.1, 0.15) is 5.82 Å².